The maximum Gasteiger partial charge on any atom is 0.152 e. The standard InChI is InChI=1S/C11H13Cl2NO3/c1-2-14-9(11(16)17)5-6-3-7(12)10(15)8(13)4-6/h3-4,9,14-15H,2,5H2,1H3,(H,16,17)/p-1. The van der Waals surface area contributed by atoms with E-state index in [9.17, 15) is 15.0 Å². The fourth-order valence-electron chi connectivity index (χ4n) is 1.46. The highest BCUT2D eigenvalue weighted by molar-refractivity contribution is 6.37. The van der Waals surface area contributed by atoms with E-state index in [4.69, 9.17) is 23.2 Å². The van der Waals surface area contributed by atoms with Crippen molar-refractivity contribution >= 4 is 29.2 Å². The van der Waals surface area contributed by atoms with Crippen LogP contribution in [-0.2, 0) is 11.2 Å². The van der Waals surface area contributed by atoms with Gasteiger partial charge in [-0.1, -0.05) is 30.1 Å². The van der Waals surface area contributed by atoms with E-state index >= 15 is 0 Å². The molecule has 0 heterocycles. The van der Waals surface area contributed by atoms with Gasteiger partial charge in [-0.2, -0.15) is 0 Å². The molecule has 1 unspecified atom stereocenters. The van der Waals surface area contributed by atoms with E-state index in [0.29, 0.717) is 12.1 Å². The fourth-order valence-corrected chi connectivity index (χ4v) is 1.99. The lowest BCUT2D eigenvalue weighted by Crippen LogP contribution is -2.46. The average Bonchev–Trinajstić information content (AvgIpc) is 2.25. The number of benzene rings is 1. The number of phenols is 1. The van der Waals surface area contributed by atoms with E-state index in [-0.39, 0.29) is 22.2 Å². The van der Waals surface area contributed by atoms with Gasteiger partial charge in [0.05, 0.1) is 22.1 Å². The third-order valence-corrected chi connectivity index (χ3v) is 2.83. The van der Waals surface area contributed by atoms with Gasteiger partial charge in [0.2, 0.25) is 0 Å². The molecule has 0 bridgehead atoms. The van der Waals surface area contributed by atoms with Crippen molar-refractivity contribution in [2.45, 2.75) is 19.4 Å². The molecule has 0 aromatic heterocycles. The highest BCUT2D eigenvalue weighted by atomic mass is 35.5. The maximum atomic E-state index is 10.8. The van der Waals surface area contributed by atoms with E-state index in [1.807, 2.05) is 0 Å². The Morgan fingerprint density at radius 2 is 2.00 bits per heavy atom. The van der Waals surface area contributed by atoms with Gasteiger partial charge in [0.15, 0.2) is 5.75 Å². The fraction of sp³-hybridized carbons (Fsp3) is 0.364. The Kier molecular flexibility index (Phi) is 5.05. The lowest BCUT2D eigenvalue weighted by atomic mass is 10.1. The van der Waals surface area contributed by atoms with E-state index in [1.165, 1.54) is 12.1 Å². The molecule has 0 aliphatic carbocycles. The van der Waals surface area contributed by atoms with Crippen LogP contribution in [0.25, 0.3) is 0 Å². The number of likely N-dealkylation sites (N-methyl/N-ethyl adjacent to an activating group) is 1. The molecule has 1 aromatic rings. The molecular formula is C11H12Cl2NO3-. The number of nitrogens with one attached hydrogen (secondary N) is 1. The Bertz CT molecular complexity index is 400. The van der Waals surface area contributed by atoms with E-state index in [1.54, 1.807) is 6.92 Å². The van der Waals surface area contributed by atoms with Crippen LogP contribution in [0.5, 0.6) is 5.75 Å². The third kappa shape index (κ3) is 3.77. The average molecular weight is 277 g/mol. The van der Waals surface area contributed by atoms with Crippen molar-refractivity contribution in [1.82, 2.24) is 5.32 Å². The Balaban J connectivity index is 2.90. The molecule has 1 rings (SSSR count). The Hall–Kier alpha value is -0.970. The second-order valence-electron chi connectivity index (χ2n) is 3.54. The van der Waals surface area contributed by atoms with Crippen molar-refractivity contribution in [1.29, 1.82) is 0 Å². The number of hydrogen-bond donors (Lipinski definition) is 2. The number of halogens is 2. The van der Waals surface area contributed by atoms with Gasteiger partial charge in [-0.25, -0.2) is 0 Å². The predicted molar refractivity (Wildman–Crippen MR) is 64.3 cm³/mol. The molecule has 0 amide bonds. The number of carbonyl (C=O) groups is 1. The summed E-state index contributed by atoms with van der Waals surface area (Å²) in [7, 11) is 0. The Morgan fingerprint density at radius 1 is 1.47 bits per heavy atom. The molecule has 0 radical (unpaired) electrons. The first-order valence-corrected chi connectivity index (χ1v) is 5.82. The molecule has 94 valence electrons. The second kappa shape index (κ2) is 6.10. The molecule has 4 nitrogen and oxygen atoms in total. The quantitative estimate of drug-likeness (QED) is 0.841. The lowest BCUT2D eigenvalue weighted by Gasteiger charge is -2.19. The zero-order valence-electron chi connectivity index (χ0n) is 9.17. The molecule has 0 spiro atoms. The molecule has 0 saturated carbocycles. The molecule has 17 heavy (non-hydrogen) atoms. The molecule has 0 aliphatic rings. The molecule has 0 aliphatic heterocycles. The molecule has 1 atom stereocenters. The number of aliphatic carboxylic acids is 1. The number of carboxylic acid groups (broad SMARTS) is 1. The summed E-state index contributed by atoms with van der Waals surface area (Å²) in [5.41, 5.74) is 0.618. The van der Waals surface area contributed by atoms with Gasteiger partial charge in [0.25, 0.3) is 0 Å². The largest absolute Gasteiger partial charge is 0.548 e. The van der Waals surface area contributed by atoms with Crippen molar-refractivity contribution in [3.63, 3.8) is 0 Å². The van der Waals surface area contributed by atoms with E-state index < -0.39 is 12.0 Å². The number of carbonyl (C=O) groups excluding carboxylic acids is 1. The molecule has 0 fully saturated rings. The van der Waals surface area contributed by atoms with Gasteiger partial charge < -0.3 is 20.3 Å². The third-order valence-electron chi connectivity index (χ3n) is 2.25. The van der Waals surface area contributed by atoms with Crippen LogP contribution in [0.4, 0.5) is 0 Å². The van der Waals surface area contributed by atoms with Gasteiger partial charge in [-0.3, -0.25) is 0 Å². The first-order chi connectivity index (χ1) is 7.95. The summed E-state index contributed by atoms with van der Waals surface area (Å²) in [6.45, 7) is 2.31. The van der Waals surface area contributed by atoms with E-state index in [2.05, 4.69) is 5.32 Å². The number of phenolic OH excluding ortho intramolecular Hbond substituents is 1. The number of aromatic hydroxyl groups is 1. The highest BCUT2D eigenvalue weighted by Crippen LogP contribution is 2.32. The van der Waals surface area contributed by atoms with Crippen LogP contribution >= 0.6 is 23.2 Å². The number of carboxylic acids is 1. The molecular weight excluding hydrogens is 265 g/mol. The molecule has 2 N–H and O–H groups in total. The van der Waals surface area contributed by atoms with Crippen molar-refractivity contribution in [2.75, 3.05) is 6.54 Å². The van der Waals surface area contributed by atoms with Gasteiger partial charge >= 0.3 is 0 Å². The van der Waals surface area contributed by atoms with Gasteiger partial charge in [-0.15, -0.1) is 0 Å². The van der Waals surface area contributed by atoms with E-state index in [0.717, 1.165) is 0 Å². The van der Waals surface area contributed by atoms with Crippen LogP contribution < -0.4 is 10.4 Å². The zero-order chi connectivity index (χ0) is 13.0. The summed E-state index contributed by atoms with van der Waals surface area (Å²) < 4.78 is 0. The van der Waals surface area contributed by atoms with Crippen LogP contribution in [0.2, 0.25) is 10.0 Å². The van der Waals surface area contributed by atoms with Crippen LogP contribution in [0, 0.1) is 0 Å². The Labute approximate surface area is 109 Å². The van der Waals surface area contributed by atoms with Gasteiger partial charge in [0, 0.05) is 0 Å². The minimum Gasteiger partial charge on any atom is -0.548 e. The summed E-state index contributed by atoms with van der Waals surface area (Å²) in [4.78, 5) is 10.8. The van der Waals surface area contributed by atoms with Crippen LogP contribution in [0.3, 0.4) is 0 Å². The topological polar surface area (TPSA) is 72.4 Å². The monoisotopic (exact) mass is 276 g/mol. The first kappa shape index (κ1) is 14.1. The van der Waals surface area contributed by atoms with Crippen LogP contribution in [-0.4, -0.2) is 23.7 Å². The van der Waals surface area contributed by atoms with Crippen LogP contribution in [0.1, 0.15) is 12.5 Å². The normalized spacial score (nSPS) is 12.4. The smallest absolute Gasteiger partial charge is 0.152 e. The minimum atomic E-state index is -1.19. The van der Waals surface area contributed by atoms with Crippen molar-refractivity contribution in [3.05, 3.63) is 27.7 Å². The predicted octanol–water partition coefficient (Wildman–Crippen LogP) is 0.969. The summed E-state index contributed by atoms with van der Waals surface area (Å²) in [6.07, 6.45) is 0.190. The summed E-state index contributed by atoms with van der Waals surface area (Å²) in [6, 6.07) is 2.16. The lowest BCUT2D eigenvalue weighted by molar-refractivity contribution is -0.308. The summed E-state index contributed by atoms with van der Waals surface area (Å²) >= 11 is 11.5. The molecule has 6 heteroatoms. The number of hydrogen-bond acceptors (Lipinski definition) is 4. The molecule has 0 saturated heterocycles. The summed E-state index contributed by atoms with van der Waals surface area (Å²) in [5.74, 6) is -1.39. The highest BCUT2D eigenvalue weighted by Gasteiger charge is 2.12. The molecule has 1 aromatic carbocycles. The Morgan fingerprint density at radius 3 is 2.41 bits per heavy atom. The second-order valence-corrected chi connectivity index (χ2v) is 4.36. The summed E-state index contributed by atoms with van der Waals surface area (Å²) in [5, 5.41) is 23.2. The maximum absolute atomic E-state index is 10.8. The first-order valence-electron chi connectivity index (χ1n) is 5.06. The zero-order valence-corrected chi connectivity index (χ0v) is 10.7. The number of rotatable bonds is 5. The van der Waals surface area contributed by atoms with Gasteiger partial charge in [-0.05, 0) is 30.7 Å². The van der Waals surface area contributed by atoms with Crippen molar-refractivity contribution < 1.29 is 15.0 Å². The minimum absolute atomic E-state index is 0.0982. The van der Waals surface area contributed by atoms with Crippen molar-refractivity contribution in [2.24, 2.45) is 0 Å². The van der Waals surface area contributed by atoms with Crippen molar-refractivity contribution in [3.8, 4) is 5.75 Å². The SMILES string of the molecule is CCNC(Cc1cc(Cl)c(O)c(Cl)c1)C(=O)[O-]. The van der Waals surface area contributed by atoms with Gasteiger partial charge in [0.1, 0.15) is 0 Å². The van der Waals surface area contributed by atoms with Crippen LogP contribution in [0.15, 0.2) is 12.1 Å².